The van der Waals surface area contributed by atoms with Crippen molar-refractivity contribution in [1.82, 2.24) is 13.9 Å². The van der Waals surface area contributed by atoms with Crippen LogP contribution >= 0.6 is 0 Å². The third-order valence-corrected chi connectivity index (χ3v) is 4.95. The Bertz CT molecular complexity index is 705. The van der Waals surface area contributed by atoms with Crippen molar-refractivity contribution in [2.75, 3.05) is 24.9 Å². The van der Waals surface area contributed by atoms with Gasteiger partial charge in [-0.1, -0.05) is 12.1 Å². The average Bonchev–Trinajstić information content (AvgIpc) is 2.86. The van der Waals surface area contributed by atoms with Gasteiger partial charge in [0.2, 0.25) is 5.95 Å². The van der Waals surface area contributed by atoms with Gasteiger partial charge < -0.3 is 4.57 Å². The quantitative estimate of drug-likeness (QED) is 0.802. The Balaban J connectivity index is 2.18. The summed E-state index contributed by atoms with van der Waals surface area (Å²) in [6.45, 7) is 1.08. The first-order valence-corrected chi connectivity index (χ1v) is 7.07. The van der Waals surface area contributed by atoms with Gasteiger partial charge in [-0.2, -0.15) is 12.7 Å². The predicted octanol–water partition coefficient (Wildman–Crippen LogP) is 0.663. The number of rotatable bonds is 2. The molecule has 1 aliphatic heterocycles. The summed E-state index contributed by atoms with van der Waals surface area (Å²) in [6, 6.07) is 7.68. The van der Waals surface area contributed by atoms with E-state index in [0.717, 1.165) is 11.0 Å². The molecule has 0 saturated carbocycles. The Morgan fingerprint density at radius 2 is 1.94 bits per heavy atom. The lowest BCUT2D eigenvalue weighted by Crippen LogP contribution is -2.39. The van der Waals surface area contributed by atoms with Crippen LogP contribution in [0.25, 0.3) is 11.0 Å². The Hall–Kier alpha value is -1.60. The maximum atomic E-state index is 12.2. The number of para-hydroxylation sites is 2. The van der Waals surface area contributed by atoms with Gasteiger partial charge in [0, 0.05) is 20.6 Å². The number of aromatic nitrogens is 2. The van der Waals surface area contributed by atoms with Gasteiger partial charge in [-0.25, -0.2) is 9.29 Å². The van der Waals surface area contributed by atoms with Crippen LogP contribution in [-0.4, -0.2) is 42.9 Å². The molecule has 0 spiro atoms. The second-order valence-corrected chi connectivity index (χ2v) is 6.48. The summed E-state index contributed by atoms with van der Waals surface area (Å²) in [5.74, 6) is 0.505. The molecule has 6 nitrogen and oxygen atoms in total. The molecule has 0 aliphatic carbocycles. The number of nitrogens with zero attached hydrogens (tertiary/aromatic N) is 4. The highest BCUT2D eigenvalue weighted by Crippen LogP contribution is 2.29. The molecular formula is C11H14N4O2S. The molecule has 0 N–H and O–H groups in total. The van der Waals surface area contributed by atoms with E-state index in [1.54, 1.807) is 0 Å². The summed E-state index contributed by atoms with van der Waals surface area (Å²) in [4.78, 5) is 4.41. The lowest BCUT2D eigenvalue weighted by Gasteiger charge is -2.20. The minimum Gasteiger partial charge on any atom is -0.307 e. The molecule has 1 aliphatic rings. The Morgan fingerprint density at radius 1 is 1.22 bits per heavy atom. The zero-order valence-electron chi connectivity index (χ0n) is 10.2. The lowest BCUT2D eigenvalue weighted by molar-refractivity contribution is 0.516. The molecule has 0 amide bonds. The van der Waals surface area contributed by atoms with Gasteiger partial charge in [0.15, 0.2) is 0 Å². The van der Waals surface area contributed by atoms with E-state index in [9.17, 15) is 8.42 Å². The van der Waals surface area contributed by atoms with E-state index in [0.29, 0.717) is 19.0 Å². The summed E-state index contributed by atoms with van der Waals surface area (Å²) < 4.78 is 28.8. The van der Waals surface area contributed by atoms with Gasteiger partial charge >= 0.3 is 10.2 Å². The Morgan fingerprint density at radius 3 is 2.67 bits per heavy atom. The van der Waals surface area contributed by atoms with E-state index in [4.69, 9.17) is 0 Å². The van der Waals surface area contributed by atoms with Crippen LogP contribution in [0.15, 0.2) is 24.3 Å². The third kappa shape index (κ3) is 1.44. The first kappa shape index (κ1) is 11.5. The summed E-state index contributed by atoms with van der Waals surface area (Å²) in [5, 5.41) is 0. The van der Waals surface area contributed by atoms with Crippen molar-refractivity contribution >= 4 is 27.2 Å². The number of hydrogen-bond acceptors (Lipinski definition) is 3. The first-order chi connectivity index (χ1) is 8.51. The summed E-state index contributed by atoms with van der Waals surface area (Å²) in [5.41, 5.74) is 1.80. The number of imidazole rings is 1. The molecule has 0 bridgehead atoms. The van der Waals surface area contributed by atoms with Crippen molar-refractivity contribution in [3.05, 3.63) is 24.3 Å². The van der Waals surface area contributed by atoms with E-state index >= 15 is 0 Å². The maximum Gasteiger partial charge on any atom is 0.305 e. The molecule has 7 heteroatoms. The molecule has 3 rings (SSSR count). The van der Waals surface area contributed by atoms with Crippen LogP contribution in [0.4, 0.5) is 5.95 Å². The summed E-state index contributed by atoms with van der Waals surface area (Å²) in [6.07, 6.45) is 0. The van der Waals surface area contributed by atoms with Gasteiger partial charge in [-0.15, -0.1) is 0 Å². The predicted molar refractivity (Wildman–Crippen MR) is 69.7 cm³/mol. The highest BCUT2D eigenvalue weighted by molar-refractivity contribution is 7.90. The number of hydrogen-bond donors (Lipinski definition) is 0. The van der Waals surface area contributed by atoms with Gasteiger partial charge in [0.1, 0.15) is 0 Å². The first-order valence-electron chi connectivity index (χ1n) is 5.67. The average molecular weight is 266 g/mol. The van der Waals surface area contributed by atoms with Crippen LogP contribution in [0.5, 0.6) is 0 Å². The third-order valence-electron chi connectivity index (χ3n) is 3.12. The van der Waals surface area contributed by atoms with Gasteiger partial charge in [-0.05, 0) is 12.1 Å². The standard InChI is InChI=1S/C11H14N4O2S/c1-13(2)18(16,17)15-8-7-14-10-6-4-3-5-9(10)12-11(14)15/h3-6H,7-8H2,1-2H3. The van der Waals surface area contributed by atoms with Crippen LogP contribution in [0.2, 0.25) is 0 Å². The second kappa shape index (κ2) is 3.69. The molecule has 2 heterocycles. The monoisotopic (exact) mass is 266 g/mol. The van der Waals surface area contributed by atoms with Crippen molar-refractivity contribution in [1.29, 1.82) is 0 Å². The molecule has 0 atom stereocenters. The highest BCUT2D eigenvalue weighted by Gasteiger charge is 2.33. The molecule has 0 radical (unpaired) electrons. The number of anilines is 1. The molecular weight excluding hydrogens is 252 g/mol. The van der Waals surface area contributed by atoms with Gasteiger partial charge in [0.05, 0.1) is 17.6 Å². The van der Waals surface area contributed by atoms with E-state index in [-0.39, 0.29) is 0 Å². The molecule has 96 valence electrons. The van der Waals surface area contributed by atoms with Crippen LogP contribution in [0.1, 0.15) is 0 Å². The van der Waals surface area contributed by atoms with Crippen LogP contribution < -0.4 is 4.31 Å². The lowest BCUT2D eigenvalue weighted by atomic mass is 10.3. The van der Waals surface area contributed by atoms with E-state index in [1.165, 1.54) is 22.7 Å². The largest absolute Gasteiger partial charge is 0.307 e. The Kier molecular flexibility index (Phi) is 2.36. The van der Waals surface area contributed by atoms with Crippen molar-refractivity contribution in [3.8, 4) is 0 Å². The van der Waals surface area contributed by atoms with Crippen molar-refractivity contribution in [3.63, 3.8) is 0 Å². The molecule has 1 aromatic carbocycles. The highest BCUT2D eigenvalue weighted by atomic mass is 32.2. The molecule has 1 aromatic heterocycles. The zero-order chi connectivity index (χ0) is 12.9. The van der Waals surface area contributed by atoms with E-state index in [2.05, 4.69) is 4.98 Å². The minimum atomic E-state index is -3.45. The fraction of sp³-hybridized carbons (Fsp3) is 0.364. The van der Waals surface area contributed by atoms with Crippen molar-refractivity contribution in [2.24, 2.45) is 0 Å². The fourth-order valence-electron chi connectivity index (χ4n) is 2.18. The van der Waals surface area contributed by atoms with Crippen molar-refractivity contribution < 1.29 is 8.42 Å². The minimum absolute atomic E-state index is 0.438. The van der Waals surface area contributed by atoms with Gasteiger partial charge in [0.25, 0.3) is 0 Å². The second-order valence-electron chi connectivity index (χ2n) is 4.41. The van der Waals surface area contributed by atoms with E-state index < -0.39 is 10.2 Å². The van der Waals surface area contributed by atoms with Crippen molar-refractivity contribution in [2.45, 2.75) is 6.54 Å². The van der Waals surface area contributed by atoms with Crippen LogP contribution in [0, 0.1) is 0 Å². The zero-order valence-corrected chi connectivity index (χ0v) is 11.1. The Labute approximate surface area is 106 Å². The normalized spacial score (nSPS) is 15.6. The molecule has 0 fully saturated rings. The molecule has 0 unspecified atom stereocenters. The number of fused-ring (bicyclic) bond motifs is 3. The topological polar surface area (TPSA) is 58.4 Å². The molecule has 0 saturated heterocycles. The SMILES string of the molecule is CN(C)S(=O)(=O)N1CCn2c1nc1ccccc12. The smallest absolute Gasteiger partial charge is 0.305 e. The van der Waals surface area contributed by atoms with Gasteiger partial charge in [-0.3, -0.25) is 0 Å². The van der Waals surface area contributed by atoms with E-state index in [1.807, 2.05) is 28.8 Å². The van der Waals surface area contributed by atoms with Crippen LogP contribution in [0.3, 0.4) is 0 Å². The number of benzene rings is 1. The maximum absolute atomic E-state index is 12.2. The summed E-state index contributed by atoms with van der Waals surface area (Å²) >= 11 is 0. The molecule has 2 aromatic rings. The molecule has 18 heavy (non-hydrogen) atoms. The van der Waals surface area contributed by atoms with Crippen LogP contribution in [-0.2, 0) is 16.8 Å². The fourth-order valence-corrected chi connectivity index (χ4v) is 3.23. The summed E-state index contributed by atoms with van der Waals surface area (Å²) in [7, 11) is -0.397.